The molecule has 0 bridgehead atoms. The molecule has 0 atom stereocenters. The number of anilines is 1. The third kappa shape index (κ3) is 2.47. The third-order valence-corrected chi connectivity index (χ3v) is 2.93. The number of aryl methyl sites for hydroxylation is 1. The van der Waals surface area contributed by atoms with Gasteiger partial charge in [0, 0.05) is 18.9 Å². The van der Waals surface area contributed by atoms with Crippen LogP contribution >= 0.6 is 0 Å². The van der Waals surface area contributed by atoms with Gasteiger partial charge in [0.2, 0.25) is 0 Å². The zero-order chi connectivity index (χ0) is 13.1. The topological polar surface area (TPSA) is 60.6 Å². The van der Waals surface area contributed by atoms with E-state index in [2.05, 4.69) is 31.0 Å². The highest BCUT2D eigenvalue weighted by atomic mass is 15.3. The van der Waals surface area contributed by atoms with Gasteiger partial charge in [0.15, 0.2) is 5.82 Å². The molecule has 0 aliphatic heterocycles. The van der Waals surface area contributed by atoms with Crippen LogP contribution in [-0.2, 0) is 13.6 Å². The molecule has 0 saturated carbocycles. The van der Waals surface area contributed by atoms with E-state index in [1.807, 2.05) is 31.4 Å². The van der Waals surface area contributed by atoms with Crippen molar-refractivity contribution in [2.75, 3.05) is 5.32 Å². The quantitative estimate of drug-likeness (QED) is 0.768. The monoisotopic (exact) mass is 254 g/mol. The standard InChI is InChI=1S/C13H14N6/c1-18-6-2-3-12(18)8-15-11-4-5-13(16-7-11)19-10-14-9-17-19/h2-7,9-10,15H,8H2,1H3. The molecular formula is C13H14N6. The summed E-state index contributed by atoms with van der Waals surface area (Å²) in [6, 6.07) is 8.00. The van der Waals surface area contributed by atoms with Gasteiger partial charge in [-0.1, -0.05) is 0 Å². The molecule has 3 heterocycles. The van der Waals surface area contributed by atoms with E-state index in [4.69, 9.17) is 0 Å². The molecule has 3 aromatic rings. The lowest BCUT2D eigenvalue weighted by molar-refractivity contribution is 0.837. The van der Waals surface area contributed by atoms with Gasteiger partial charge < -0.3 is 9.88 Å². The van der Waals surface area contributed by atoms with Crippen LogP contribution in [0, 0.1) is 0 Å². The maximum absolute atomic E-state index is 4.33. The van der Waals surface area contributed by atoms with Crippen molar-refractivity contribution in [3.8, 4) is 5.82 Å². The highest BCUT2D eigenvalue weighted by Gasteiger charge is 2.00. The first-order valence-corrected chi connectivity index (χ1v) is 5.98. The van der Waals surface area contributed by atoms with Crippen LogP contribution in [0.4, 0.5) is 5.69 Å². The molecule has 19 heavy (non-hydrogen) atoms. The van der Waals surface area contributed by atoms with Crippen LogP contribution in [0.1, 0.15) is 5.69 Å². The van der Waals surface area contributed by atoms with Crippen molar-refractivity contribution < 1.29 is 0 Å². The average molecular weight is 254 g/mol. The molecule has 6 nitrogen and oxygen atoms in total. The van der Waals surface area contributed by atoms with Crippen LogP contribution in [0.25, 0.3) is 5.82 Å². The summed E-state index contributed by atoms with van der Waals surface area (Å²) in [5.41, 5.74) is 2.20. The van der Waals surface area contributed by atoms with Crippen molar-refractivity contribution in [1.29, 1.82) is 0 Å². The molecule has 3 rings (SSSR count). The van der Waals surface area contributed by atoms with Crippen molar-refractivity contribution in [2.24, 2.45) is 7.05 Å². The fourth-order valence-electron chi connectivity index (χ4n) is 1.83. The highest BCUT2D eigenvalue weighted by Crippen LogP contribution is 2.10. The zero-order valence-corrected chi connectivity index (χ0v) is 10.6. The van der Waals surface area contributed by atoms with E-state index in [9.17, 15) is 0 Å². The Labute approximate surface area is 110 Å². The summed E-state index contributed by atoms with van der Waals surface area (Å²) in [4.78, 5) is 8.23. The van der Waals surface area contributed by atoms with Crippen molar-refractivity contribution in [2.45, 2.75) is 6.54 Å². The summed E-state index contributed by atoms with van der Waals surface area (Å²) >= 11 is 0. The van der Waals surface area contributed by atoms with Crippen molar-refractivity contribution in [3.63, 3.8) is 0 Å². The lowest BCUT2D eigenvalue weighted by Gasteiger charge is -2.07. The van der Waals surface area contributed by atoms with Crippen LogP contribution in [-0.4, -0.2) is 24.3 Å². The van der Waals surface area contributed by atoms with Gasteiger partial charge in [-0.15, -0.1) is 0 Å². The lowest BCUT2D eigenvalue weighted by atomic mass is 10.3. The summed E-state index contributed by atoms with van der Waals surface area (Å²) in [7, 11) is 2.03. The fourth-order valence-corrected chi connectivity index (χ4v) is 1.83. The smallest absolute Gasteiger partial charge is 0.155 e. The van der Waals surface area contributed by atoms with Gasteiger partial charge in [0.1, 0.15) is 12.7 Å². The van der Waals surface area contributed by atoms with Crippen molar-refractivity contribution >= 4 is 5.69 Å². The molecule has 0 spiro atoms. The molecule has 0 aliphatic carbocycles. The Morgan fingerprint density at radius 3 is 2.84 bits per heavy atom. The second-order valence-corrected chi connectivity index (χ2v) is 4.21. The minimum absolute atomic E-state index is 0.752. The van der Waals surface area contributed by atoms with E-state index in [0.717, 1.165) is 18.1 Å². The number of hydrogen-bond acceptors (Lipinski definition) is 4. The molecule has 6 heteroatoms. The van der Waals surface area contributed by atoms with E-state index in [-0.39, 0.29) is 0 Å². The van der Waals surface area contributed by atoms with Crippen LogP contribution in [0.15, 0.2) is 49.3 Å². The van der Waals surface area contributed by atoms with E-state index < -0.39 is 0 Å². The maximum Gasteiger partial charge on any atom is 0.155 e. The molecule has 0 radical (unpaired) electrons. The molecule has 0 fully saturated rings. The van der Waals surface area contributed by atoms with Crippen LogP contribution in [0.3, 0.4) is 0 Å². The Morgan fingerprint density at radius 2 is 2.21 bits per heavy atom. The number of nitrogens with one attached hydrogen (secondary N) is 1. The van der Waals surface area contributed by atoms with Gasteiger partial charge in [-0.3, -0.25) is 0 Å². The normalized spacial score (nSPS) is 10.6. The maximum atomic E-state index is 4.33. The van der Waals surface area contributed by atoms with Gasteiger partial charge >= 0.3 is 0 Å². The summed E-state index contributed by atoms with van der Waals surface area (Å²) in [5.74, 6) is 0.752. The molecule has 96 valence electrons. The van der Waals surface area contributed by atoms with E-state index in [1.54, 1.807) is 17.2 Å². The van der Waals surface area contributed by atoms with Crippen molar-refractivity contribution in [1.82, 2.24) is 24.3 Å². The van der Waals surface area contributed by atoms with Crippen LogP contribution in [0.2, 0.25) is 0 Å². The zero-order valence-electron chi connectivity index (χ0n) is 10.6. The number of aromatic nitrogens is 5. The molecular weight excluding hydrogens is 240 g/mol. The molecule has 0 saturated heterocycles. The Hall–Kier alpha value is -2.63. The minimum atomic E-state index is 0.752. The predicted octanol–water partition coefficient (Wildman–Crippen LogP) is 1.61. The third-order valence-electron chi connectivity index (χ3n) is 2.93. The Balaban J connectivity index is 1.68. The summed E-state index contributed by atoms with van der Waals surface area (Å²) in [6.07, 6.45) is 6.94. The first kappa shape index (κ1) is 11.5. The molecule has 0 aromatic carbocycles. The summed E-state index contributed by atoms with van der Waals surface area (Å²) in [5, 5.41) is 7.37. The first-order valence-electron chi connectivity index (χ1n) is 5.98. The van der Waals surface area contributed by atoms with Gasteiger partial charge in [-0.25, -0.2) is 14.6 Å². The largest absolute Gasteiger partial charge is 0.378 e. The second-order valence-electron chi connectivity index (χ2n) is 4.21. The Kier molecular flexibility index (Phi) is 2.97. The first-order chi connectivity index (χ1) is 9.33. The van der Waals surface area contributed by atoms with E-state index >= 15 is 0 Å². The molecule has 3 aromatic heterocycles. The number of nitrogens with zero attached hydrogens (tertiary/aromatic N) is 5. The molecule has 0 aliphatic rings. The van der Waals surface area contributed by atoms with Gasteiger partial charge in [0.25, 0.3) is 0 Å². The van der Waals surface area contributed by atoms with Gasteiger partial charge in [-0.2, -0.15) is 5.10 Å². The van der Waals surface area contributed by atoms with Gasteiger partial charge in [-0.05, 0) is 24.3 Å². The SMILES string of the molecule is Cn1cccc1CNc1ccc(-n2cncn2)nc1. The molecule has 0 amide bonds. The molecule has 0 unspecified atom stereocenters. The Morgan fingerprint density at radius 1 is 1.26 bits per heavy atom. The fraction of sp³-hybridized carbons (Fsp3) is 0.154. The second kappa shape index (κ2) is 4.93. The van der Waals surface area contributed by atoms with Crippen molar-refractivity contribution in [3.05, 3.63) is 55.0 Å². The Bertz CT molecular complexity index is 638. The van der Waals surface area contributed by atoms with E-state index in [1.165, 1.54) is 12.0 Å². The summed E-state index contributed by atoms with van der Waals surface area (Å²) < 4.78 is 3.71. The minimum Gasteiger partial charge on any atom is -0.378 e. The number of pyridine rings is 1. The number of hydrogen-bond donors (Lipinski definition) is 1. The molecule has 1 N–H and O–H groups in total. The lowest BCUT2D eigenvalue weighted by Crippen LogP contribution is -2.05. The van der Waals surface area contributed by atoms with E-state index in [0.29, 0.717) is 0 Å². The average Bonchev–Trinajstić information content (AvgIpc) is 3.09. The predicted molar refractivity (Wildman–Crippen MR) is 71.9 cm³/mol. The van der Waals surface area contributed by atoms with Crippen LogP contribution < -0.4 is 5.32 Å². The summed E-state index contributed by atoms with van der Waals surface area (Å²) in [6.45, 7) is 0.772. The number of rotatable bonds is 4. The van der Waals surface area contributed by atoms with Gasteiger partial charge in [0.05, 0.1) is 18.4 Å². The highest BCUT2D eigenvalue weighted by molar-refractivity contribution is 5.43. The van der Waals surface area contributed by atoms with Crippen LogP contribution in [0.5, 0.6) is 0 Å².